The Morgan fingerprint density at radius 2 is 1.93 bits per heavy atom. The summed E-state index contributed by atoms with van der Waals surface area (Å²) in [6, 6.07) is 1.97. The molecule has 0 N–H and O–H groups in total. The first kappa shape index (κ1) is 10.7. The summed E-state index contributed by atoms with van der Waals surface area (Å²) in [5.74, 6) is 0.234. The molecule has 1 aromatic carbocycles. The molecule has 1 aromatic rings. The first-order valence-corrected chi connectivity index (χ1v) is 5.56. The zero-order chi connectivity index (χ0) is 11.4. The number of hydrogen-bond acceptors (Lipinski definition) is 1. The zero-order valence-electron chi connectivity index (χ0n) is 9.57. The van der Waals surface area contributed by atoms with Gasteiger partial charge in [0.1, 0.15) is 0 Å². The molecule has 2 rings (SSSR count). The van der Waals surface area contributed by atoms with E-state index < -0.39 is 0 Å². The van der Waals surface area contributed by atoms with Gasteiger partial charge >= 0.3 is 0 Å². The smallest absolute Gasteiger partial charge is 0.164 e. The highest BCUT2D eigenvalue weighted by atomic mass is 35.5. The van der Waals surface area contributed by atoms with Crippen LogP contribution in [0.1, 0.15) is 47.3 Å². The van der Waals surface area contributed by atoms with Crippen LogP contribution in [-0.2, 0) is 5.41 Å². The van der Waals surface area contributed by atoms with Crippen molar-refractivity contribution in [3.05, 3.63) is 33.3 Å². The first-order chi connectivity index (χ1) is 6.84. The van der Waals surface area contributed by atoms with Gasteiger partial charge in [0.2, 0.25) is 0 Å². The number of halogens is 1. The van der Waals surface area contributed by atoms with Crippen molar-refractivity contribution in [3.8, 4) is 0 Å². The minimum Gasteiger partial charge on any atom is -0.294 e. The highest BCUT2D eigenvalue weighted by Crippen LogP contribution is 2.44. The van der Waals surface area contributed by atoms with E-state index in [4.69, 9.17) is 11.6 Å². The molecule has 0 atom stereocenters. The van der Waals surface area contributed by atoms with Crippen molar-refractivity contribution in [2.24, 2.45) is 0 Å². The fraction of sp³-hybridized carbons (Fsp3) is 0.462. The number of fused-ring (bicyclic) bond motifs is 1. The van der Waals surface area contributed by atoms with Crippen molar-refractivity contribution in [1.82, 2.24) is 0 Å². The van der Waals surface area contributed by atoms with Gasteiger partial charge in [-0.15, -0.1) is 0 Å². The van der Waals surface area contributed by atoms with Gasteiger partial charge in [0, 0.05) is 17.0 Å². The lowest BCUT2D eigenvalue weighted by Crippen LogP contribution is -2.13. The molecule has 0 bridgehead atoms. The lowest BCUT2D eigenvalue weighted by atomic mass is 9.85. The summed E-state index contributed by atoms with van der Waals surface area (Å²) in [6.45, 7) is 8.17. The molecule has 0 spiro atoms. The molecule has 15 heavy (non-hydrogen) atoms. The van der Waals surface area contributed by atoms with Crippen molar-refractivity contribution in [3.63, 3.8) is 0 Å². The number of carbonyl (C=O) groups is 1. The van der Waals surface area contributed by atoms with Crippen LogP contribution < -0.4 is 0 Å². The molecule has 0 amide bonds. The van der Waals surface area contributed by atoms with Crippen molar-refractivity contribution in [2.45, 2.75) is 39.5 Å². The lowest BCUT2D eigenvalue weighted by molar-refractivity contribution is 0.0979. The van der Waals surface area contributed by atoms with Gasteiger partial charge in [-0.3, -0.25) is 4.79 Å². The van der Waals surface area contributed by atoms with Crippen LogP contribution in [-0.4, -0.2) is 5.78 Å². The van der Waals surface area contributed by atoms with Crippen LogP contribution in [0.3, 0.4) is 0 Å². The largest absolute Gasteiger partial charge is 0.294 e. The van der Waals surface area contributed by atoms with Gasteiger partial charge in [0.25, 0.3) is 0 Å². The van der Waals surface area contributed by atoms with Crippen molar-refractivity contribution >= 4 is 17.4 Å². The maximum Gasteiger partial charge on any atom is 0.164 e. The number of benzene rings is 1. The Balaban J connectivity index is 2.84. The number of Topliss-reactive ketones (excluding diaryl/α,β-unsaturated/α-hetero) is 1. The second kappa shape index (κ2) is 3.08. The maximum absolute atomic E-state index is 11.9. The molecule has 0 radical (unpaired) electrons. The SMILES string of the molecule is Cc1cc(Cl)c2c(c1C)C(=O)CC2(C)C. The average Bonchev–Trinajstić information content (AvgIpc) is 2.32. The third kappa shape index (κ3) is 1.41. The van der Waals surface area contributed by atoms with Crippen LogP contribution in [0.5, 0.6) is 0 Å². The molecule has 2 heteroatoms. The fourth-order valence-electron chi connectivity index (χ4n) is 2.46. The Bertz CT molecular complexity index is 458. The van der Waals surface area contributed by atoms with E-state index in [2.05, 4.69) is 13.8 Å². The summed E-state index contributed by atoms with van der Waals surface area (Å²) in [7, 11) is 0. The van der Waals surface area contributed by atoms with Gasteiger partial charge in [-0.25, -0.2) is 0 Å². The minimum absolute atomic E-state index is 0.109. The van der Waals surface area contributed by atoms with Crippen LogP contribution in [0, 0.1) is 13.8 Å². The second-order valence-corrected chi connectivity index (χ2v) is 5.44. The van der Waals surface area contributed by atoms with Gasteiger partial charge in [0.15, 0.2) is 5.78 Å². The predicted octanol–water partition coefficient (Wildman–Crippen LogP) is 3.82. The Hall–Kier alpha value is -0.820. The molecular formula is C13H15ClO. The summed E-state index contributed by atoms with van der Waals surface area (Å²) in [5, 5.41) is 0.740. The second-order valence-electron chi connectivity index (χ2n) is 5.03. The van der Waals surface area contributed by atoms with Gasteiger partial charge in [-0.05, 0) is 42.0 Å². The molecule has 1 aliphatic rings. The number of carbonyl (C=O) groups excluding carboxylic acids is 1. The quantitative estimate of drug-likeness (QED) is 0.652. The monoisotopic (exact) mass is 222 g/mol. The van der Waals surface area contributed by atoms with Gasteiger partial charge in [-0.2, -0.15) is 0 Å². The minimum atomic E-state index is -0.109. The van der Waals surface area contributed by atoms with E-state index >= 15 is 0 Å². The third-order valence-corrected chi connectivity index (χ3v) is 3.65. The van der Waals surface area contributed by atoms with Gasteiger partial charge in [0.05, 0.1) is 0 Å². The summed E-state index contributed by atoms with van der Waals surface area (Å²) in [4.78, 5) is 11.9. The summed E-state index contributed by atoms with van der Waals surface area (Å²) in [5.41, 5.74) is 3.99. The number of aryl methyl sites for hydroxylation is 1. The van der Waals surface area contributed by atoms with E-state index in [1.807, 2.05) is 19.9 Å². The summed E-state index contributed by atoms with van der Waals surface area (Å²) in [6.07, 6.45) is 0.576. The number of ketones is 1. The van der Waals surface area contributed by atoms with E-state index in [1.165, 1.54) is 0 Å². The topological polar surface area (TPSA) is 17.1 Å². The normalized spacial score (nSPS) is 18.1. The summed E-state index contributed by atoms with van der Waals surface area (Å²) < 4.78 is 0. The highest BCUT2D eigenvalue weighted by Gasteiger charge is 2.38. The summed E-state index contributed by atoms with van der Waals surface area (Å²) >= 11 is 6.24. The molecule has 0 fully saturated rings. The highest BCUT2D eigenvalue weighted by molar-refractivity contribution is 6.32. The van der Waals surface area contributed by atoms with Crippen molar-refractivity contribution in [2.75, 3.05) is 0 Å². The number of hydrogen-bond donors (Lipinski definition) is 0. The Labute approximate surface area is 95.4 Å². The molecule has 0 aromatic heterocycles. The molecule has 80 valence electrons. The predicted molar refractivity (Wildman–Crippen MR) is 62.9 cm³/mol. The van der Waals surface area contributed by atoms with E-state index in [9.17, 15) is 4.79 Å². The van der Waals surface area contributed by atoms with E-state index in [1.54, 1.807) is 0 Å². The molecule has 0 saturated carbocycles. The van der Waals surface area contributed by atoms with Gasteiger partial charge < -0.3 is 0 Å². The Morgan fingerprint density at radius 3 is 2.53 bits per heavy atom. The molecule has 0 heterocycles. The number of rotatable bonds is 0. The Kier molecular flexibility index (Phi) is 2.20. The van der Waals surface area contributed by atoms with Crippen LogP contribution in [0.2, 0.25) is 5.02 Å². The first-order valence-electron chi connectivity index (χ1n) is 5.18. The van der Waals surface area contributed by atoms with Crippen LogP contribution in [0.15, 0.2) is 6.07 Å². The maximum atomic E-state index is 11.9. The van der Waals surface area contributed by atoms with Crippen molar-refractivity contribution < 1.29 is 4.79 Å². The standard InChI is InChI=1S/C13H15ClO/c1-7-5-9(14)12-11(8(7)2)10(15)6-13(12,3)4/h5H,6H2,1-4H3. The molecule has 0 unspecified atom stereocenters. The fourth-order valence-corrected chi connectivity index (χ4v) is 2.98. The molecular weight excluding hydrogens is 208 g/mol. The molecule has 1 aliphatic carbocycles. The molecule has 0 aliphatic heterocycles. The van der Waals surface area contributed by atoms with Crippen molar-refractivity contribution in [1.29, 1.82) is 0 Å². The average molecular weight is 223 g/mol. The zero-order valence-corrected chi connectivity index (χ0v) is 10.3. The Morgan fingerprint density at radius 1 is 1.33 bits per heavy atom. The van der Waals surface area contributed by atoms with Crippen LogP contribution in [0.4, 0.5) is 0 Å². The van der Waals surface area contributed by atoms with Crippen LogP contribution >= 0.6 is 11.6 Å². The van der Waals surface area contributed by atoms with E-state index in [0.29, 0.717) is 6.42 Å². The van der Waals surface area contributed by atoms with E-state index in [0.717, 1.165) is 27.3 Å². The third-order valence-electron chi connectivity index (χ3n) is 3.36. The van der Waals surface area contributed by atoms with Crippen LogP contribution in [0.25, 0.3) is 0 Å². The lowest BCUT2D eigenvalue weighted by Gasteiger charge is -2.20. The van der Waals surface area contributed by atoms with E-state index in [-0.39, 0.29) is 11.2 Å². The molecule has 1 nitrogen and oxygen atoms in total. The van der Waals surface area contributed by atoms with Gasteiger partial charge in [-0.1, -0.05) is 25.4 Å². The molecule has 0 saturated heterocycles.